The number of urea groups is 1. The molecule has 1 spiro atoms. The predicted molar refractivity (Wildman–Crippen MR) is 86.5 cm³/mol. The number of nitrogens with zero attached hydrogens (tertiary/aromatic N) is 2. The summed E-state index contributed by atoms with van der Waals surface area (Å²) in [6, 6.07) is 2.67. The van der Waals surface area contributed by atoms with Crippen LogP contribution in [-0.2, 0) is 6.54 Å². The fourth-order valence-corrected chi connectivity index (χ4v) is 4.29. The van der Waals surface area contributed by atoms with E-state index >= 15 is 0 Å². The zero-order valence-corrected chi connectivity index (χ0v) is 13.8. The van der Waals surface area contributed by atoms with Crippen LogP contribution in [0, 0.1) is 5.41 Å². The van der Waals surface area contributed by atoms with Crippen molar-refractivity contribution in [1.82, 2.24) is 15.1 Å². The molecular formula is C16H25N3OS. The molecule has 0 bridgehead atoms. The average Bonchev–Trinajstić information content (AvgIpc) is 2.92. The molecule has 0 atom stereocenters. The molecule has 2 fully saturated rings. The van der Waals surface area contributed by atoms with Gasteiger partial charge >= 0.3 is 6.03 Å². The van der Waals surface area contributed by atoms with Crippen molar-refractivity contribution in [1.29, 1.82) is 0 Å². The van der Waals surface area contributed by atoms with Gasteiger partial charge in [-0.2, -0.15) is 11.3 Å². The van der Waals surface area contributed by atoms with E-state index in [0.717, 1.165) is 6.54 Å². The largest absolute Gasteiger partial charge is 0.335 e. The molecule has 1 N–H and O–H groups in total. The maximum Gasteiger partial charge on any atom is 0.317 e. The monoisotopic (exact) mass is 307 g/mol. The van der Waals surface area contributed by atoms with E-state index in [1.54, 1.807) is 30.3 Å². The first-order valence-electron chi connectivity index (χ1n) is 7.78. The minimum atomic E-state index is 0.0461. The first-order valence-corrected chi connectivity index (χ1v) is 8.72. The molecule has 2 amide bonds. The number of thiophene rings is 1. The third-order valence-corrected chi connectivity index (χ3v) is 5.73. The van der Waals surface area contributed by atoms with E-state index in [1.807, 2.05) is 0 Å². The maximum atomic E-state index is 11.7. The van der Waals surface area contributed by atoms with Crippen LogP contribution in [0.15, 0.2) is 16.8 Å². The van der Waals surface area contributed by atoms with Gasteiger partial charge in [-0.3, -0.25) is 4.90 Å². The van der Waals surface area contributed by atoms with E-state index in [1.165, 1.54) is 44.3 Å². The zero-order chi connectivity index (χ0) is 14.9. The minimum absolute atomic E-state index is 0.0461. The van der Waals surface area contributed by atoms with Gasteiger partial charge in [0.25, 0.3) is 0 Å². The summed E-state index contributed by atoms with van der Waals surface area (Å²) in [4.78, 5) is 15.8. The second-order valence-corrected chi connectivity index (χ2v) is 7.64. The lowest BCUT2D eigenvalue weighted by Crippen LogP contribution is -2.56. The fourth-order valence-electron chi connectivity index (χ4n) is 3.63. The molecule has 116 valence electrons. The average molecular weight is 307 g/mol. The summed E-state index contributed by atoms with van der Waals surface area (Å²) < 4.78 is 0. The molecule has 1 aliphatic carbocycles. The molecule has 1 aromatic heterocycles. The molecule has 0 aromatic carbocycles. The first-order chi connectivity index (χ1) is 10.1. The smallest absolute Gasteiger partial charge is 0.317 e. The SMILES string of the molecule is CN(C)C(=O)NC1CC2(CCN(Cc3ccsc3)CC2)C1. The van der Waals surface area contributed by atoms with Crippen LogP contribution in [0.2, 0.25) is 0 Å². The van der Waals surface area contributed by atoms with Crippen molar-refractivity contribution < 1.29 is 4.79 Å². The molecule has 1 saturated heterocycles. The standard InChI is InChI=1S/C16H25N3OS/c1-18(2)15(20)17-14-9-16(10-14)4-6-19(7-5-16)11-13-3-8-21-12-13/h3,8,12,14H,4-7,9-11H2,1-2H3,(H,17,20). The Morgan fingerprint density at radius 3 is 2.71 bits per heavy atom. The summed E-state index contributed by atoms with van der Waals surface area (Å²) in [5.41, 5.74) is 1.95. The summed E-state index contributed by atoms with van der Waals surface area (Å²) in [7, 11) is 3.60. The highest BCUT2D eigenvalue weighted by Gasteiger charge is 2.46. The highest BCUT2D eigenvalue weighted by molar-refractivity contribution is 7.07. The first kappa shape index (κ1) is 14.9. The highest BCUT2D eigenvalue weighted by Crippen LogP contribution is 2.49. The summed E-state index contributed by atoms with van der Waals surface area (Å²) in [5.74, 6) is 0. The maximum absolute atomic E-state index is 11.7. The summed E-state index contributed by atoms with van der Waals surface area (Å²) in [5, 5.41) is 7.52. The fraction of sp³-hybridized carbons (Fsp3) is 0.688. The molecule has 3 rings (SSSR count). The summed E-state index contributed by atoms with van der Waals surface area (Å²) in [6.45, 7) is 3.49. The number of hydrogen-bond donors (Lipinski definition) is 1. The third-order valence-electron chi connectivity index (χ3n) is 5.00. The Morgan fingerprint density at radius 1 is 1.43 bits per heavy atom. The number of piperidine rings is 1. The Kier molecular flexibility index (Phi) is 4.22. The number of amides is 2. The van der Waals surface area contributed by atoms with Crippen LogP contribution >= 0.6 is 11.3 Å². The molecule has 2 aliphatic rings. The van der Waals surface area contributed by atoms with Gasteiger partial charge in [0, 0.05) is 26.7 Å². The number of rotatable bonds is 3. The lowest BCUT2D eigenvalue weighted by molar-refractivity contribution is 0.00639. The van der Waals surface area contributed by atoms with Crippen molar-refractivity contribution >= 4 is 17.4 Å². The molecule has 0 unspecified atom stereocenters. The van der Waals surface area contributed by atoms with Gasteiger partial charge in [0.1, 0.15) is 0 Å². The lowest BCUT2D eigenvalue weighted by Gasteiger charge is -2.52. The summed E-state index contributed by atoms with van der Waals surface area (Å²) >= 11 is 1.78. The molecule has 1 aromatic rings. The normalized spacial score (nSPS) is 22.0. The van der Waals surface area contributed by atoms with Crippen LogP contribution in [0.4, 0.5) is 4.79 Å². The van der Waals surface area contributed by atoms with Gasteiger partial charge in [0.05, 0.1) is 0 Å². The Balaban J connectivity index is 1.42. The number of nitrogens with one attached hydrogen (secondary N) is 1. The van der Waals surface area contributed by atoms with Gasteiger partial charge in [-0.1, -0.05) is 0 Å². The van der Waals surface area contributed by atoms with E-state index in [9.17, 15) is 4.79 Å². The Hall–Kier alpha value is -1.07. The van der Waals surface area contributed by atoms with E-state index in [2.05, 4.69) is 27.0 Å². The van der Waals surface area contributed by atoms with Crippen LogP contribution in [0.5, 0.6) is 0 Å². The van der Waals surface area contributed by atoms with Gasteiger partial charge in [-0.15, -0.1) is 0 Å². The van der Waals surface area contributed by atoms with Crippen LogP contribution in [0.1, 0.15) is 31.2 Å². The zero-order valence-electron chi connectivity index (χ0n) is 13.0. The Morgan fingerprint density at radius 2 is 2.14 bits per heavy atom. The van der Waals surface area contributed by atoms with Gasteiger partial charge in [-0.25, -0.2) is 4.79 Å². The number of hydrogen-bond acceptors (Lipinski definition) is 3. The number of carbonyl (C=O) groups excluding carboxylic acids is 1. The van der Waals surface area contributed by atoms with E-state index in [-0.39, 0.29) is 6.03 Å². The van der Waals surface area contributed by atoms with Crippen molar-refractivity contribution in [2.24, 2.45) is 5.41 Å². The molecule has 1 saturated carbocycles. The van der Waals surface area contributed by atoms with Crippen molar-refractivity contribution in [3.05, 3.63) is 22.4 Å². The third kappa shape index (κ3) is 3.40. The van der Waals surface area contributed by atoms with Gasteiger partial charge in [0.2, 0.25) is 0 Å². The van der Waals surface area contributed by atoms with Crippen molar-refractivity contribution in [2.75, 3.05) is 27.2 Å². The molecule has 0 radical (unpaired) electrons. The number of carbonyl (C=O) groups is 1. The molecule has 5 heteroatoms. The summed E-state index contributed by atoms with van der Waals surface area (Å²) in [6.07, 6.45) is 4.90. The lowest BCUT2D eigenvalue weighted by atomic mass is 9.60. The molecule has 2 heterocycles. The van der Waals surface area contributed by atoms with E-state index in [4.69, 9.17) is 0 Å². The second-order valence-electron chi connectivity index (χ2n) is 6.86. The van der Waals surface area contributed by atoms with Crippen molar-refractivity contribution in [3.8, 4) is 0 Å². The quantitative estimate of drug-likeness (QED) is 0.932. The van der Waals surface area contributed by atoms with Gasteiger partial charge in [-0.05, 0) is 66.6 Å². The molecule has 1 aliphatic heterocycles. The van der Waals surface area contributed by atoms with E-state index in [0.29, 0.717) is 11.5 Å². The molecule has 4 nitrogen and oxygen atoms in total. The Bertz CT molecular complexity index is 470. The number of likely N-dealkylation sites (tertiary alicyclic amines) is 1. The van der Waals surface area contributed by atoms with Crippen molar-refractivity contribution in [2.45, 2.75) is 38.3 Å². The van der Waals surface area contributed by atoms with Crippen LogP contribution in [0.25, 0.3) is 0 Å². The Labute approximate surface area is 131 Å². The molecule has 21 heavy (non-hydrogen) atoms. The van der Waals surface area contributed by atoms with Gasteiger partial charge < -0.3 is 10.2 Å². The molecular weight excluding hydrogens is 282 g/mol. The van der Waals surface area contributed by atoms with Crippen molar-refractivity contribution in [3.63, 3.8) is 0 Å². The van der Waals surface area contributed by atoms with E-state index < -0.39 is 0 Å². The van der Waals surface area contributed by atoms with Crippen LogP contribution in [0.3, 0.4) is 0 Å². The van der Waals surface area contributed by atoms with Crippen LogP contribution in [-0.4, -0.2) is 49.1 Å². The topological polar surface area (TPSA) is 35.6 Å². The second kappa shape index (κ2) is 5.97. The van der Waals surface area contributed by atoms with Crippen LogP contribution < -0.4 is 5.32 Å². The minimum Gasteiger partial charge on any atom is -0.335 e. The predicted octanol–water partition coefficient (Wildman–Crippen LogP) is 2.76. The van der Waals surface area contributed by atoms with Gasteiger partial charge in [0.15, 0.2) is 0 Å². The highest BCUT2D eigenvalue weighted by atomic mass is 32.1.